The van der Waals surface area contributed by atoms with E-state index in [1.807, 2.05) is 40.6 Å². The van der Waals surface area contributed by atoms with Crippen LogP contribution in [0.3, 0.4) is 0 Å². The fourth-order valence-electron chi connectivity index (χ4n) is 2.60. The van der Waals surface area contributed by atoms with Crippen LogP contribution in [0, 0.1) is 0 Å². The van der Waals surface area contributed by atoms with Crippen molar-refractivity contribution in [1.82, 2.24) is 0 Å². The van der Waals surface area contributed by atoms with Crippen LogP contribution in [0.4, 0.5) is 11.4 Å². The Morgan fingerprint density at radius 1 is 1.29 bits per heavy atom. The molecule has 0 aliphatic carbocycles. The predicted molar refractivity (Wildman–Crippen MR) is 85.1 cm³/mol. The van der Waals surface area contributed by atoms with Crippen LogP contribution in [0.1, 0.15) is 28.6 Å². The van der Waals surface area contributed by atoms with Crippen molar-refractivity contribution in [2.45, 2.75) is 19.8 Å². The van der Waals surface area contributed by atoms with E-state index in [0.717, 1.165) is 34.7 Å². The highest BCUT2D eigenvalue weighted by Crippen LogP contribution is 2.31. The number of aryl methyl sites for hydroxylation is 1. The molecule has 0 unspecified atom stereocenters. The molecule has 3 rings (SSSR count). The third-order valence-corrected chi connectivity index (χ3v) is 4.36. The second kappa shape index (κ2) is 5.69. The summed E-state index contributed by atoms with van der Waals surface area (Å²) in [5.74, 6) is -0.0761. The van der Waals surface area contributed by atoms with Crippen LogP contribution in [-0.4, -0.2) is 18.4 Å². The van der Waals surface area contributed by atoms with Gasteiger partial charge < -0.3 is 10.2 Å². The lowest BCUT2D eigenvalue weighted by Crippen LogP contribution is -2.35. The fourth-order valence-corrected chi connectivity index (χ4v) is 3.27. The van der Waals surface area contributed by atoms with Crippen molar-refractivity contribution in [3.8, 4) is 0 Å². The molecule has 0 bridgehead atoms. The van der Waals surface area contributed by atoms with Gasteiger partial charge >= 0.3 is 0 Å². The quantitative estimate of drug-likeness (QED) is 0.925. The van der Waals surface area contributed by atoms with Crippen molar-refractivity contribution in [2.24, 2.45) is 0 Å². The topological polar surface area (TPSA) is 49.4 Å². The first-order chi connectivity index (χ1) is 10.1. The SMILES string of the molecule is CC(=O)Nc1ccc2c(c1)N(C(=O)c1cccs1)CCC2. The van der Waals surface area contributed by atoms with E-state index in [1.165, 1.54) is 18.3 Å². The highest BCUT2D eigenvalue weighted by Gasteiger charge is 2.24. The number of anilines is 2. The first kappa shape index (κ1) is 13.8. The van der Waals surface area contributed by atoms with Gasteiger partial charge in [-0.3, -0.25) is 9.59 Å². The zero-order valence-electron chi connectivity index (χ0n) is 11.8. The van der Waals surface area contributed by atoms with E-state index in [0.29, 0.717) is 6.54 Å². The number of nitrogens with one attached hydrogen (secondary N) is 1. The van der Waals surface area contributed by atoms with E-state index >= 15 is 0 Å². The van der Waals surface area contributed by atoms with Gasteiger partial charge in [-0.2, -0.15) is 0 Å². The molecule has 1 aromatic heterocycles. The minimum absolute atomic E-state index is 0.0333. The van der Waals surface area contributed by atoms with Crippen LogP contribution in [0.25, 0.3) is 0 Å². The van der Waals surface area contributed by atoms with Gasteiger partial charge in [0.1, 0.15) is 0 Å². The van der Waals surface area contributed by atoms with E-state index in [4.69, 9.17) is 0 Å². The van der Waals surface area contributed by atoms with Gasteiger partial charge in [-0.15, -0.1) is 11.3 Å². The summed E-state index contributed by atoms with van der Waals surface area (Å²) < 4.78 is 0. The van der Waals surface area contributed by atoms with E-state index in [1.54, 1.807) is 0 Å². The zero-order chi connectivity index (χ0) is 14.8. The Bertz CT molecular complexity index is 680. The molecule has 1 aromatic carbocycles. The van der Waals surface area contributed by atoms with Gasteiger partial charge in [-0.25, -0.2) is 0 Å². The first-order valence-electron chi connectivity index (χ1n) is 6.91. The Morgan fingerprint density at radius 2 is 2.14 bits per heavy atom. The summed E-state index contributed by atoms with van der Waals surface area (Å²) in [5, 5.41) is 4.68. The number of rotatable bonds is 2. The molecule has 0 atom stereocenters. The summed E-state index contributed by atoms with van der Waals surface area (Å²) in [7, 11) is 0. The molecule has 4 nitrogen and oxygen atoms in total. The van der Waals surface area contributed by atoms with Crippen molar-refractivity contribution >= 4 is 34.5 Å². The minimum Gasteiger partial charge on any atom is -0.326 e. The van der Waals surface area contributed by atoms with Gasteiger partial charge in [0.05, 0.1) is 4.88 Å². The van der Waals surface area contributed by atoms with Gasteiger partial charge in [0.25, 0.3) is 5.91 Å². The van der Waals surface area contributed by atoms with E-state index in [9.17, 15) is 9.59 Å². The standard InChI is InChI=1S/C16H16N2O2S/c1-11(19)17-13-7-6-12-4-2-8-18(14(12)10-13)16(20)15-5-3-9-21-15/h3,5-7,9-10H,2,4,8H2,1H3,(H,17,19). The molecule has 21 heavy (non-hydrogen) atoms. The molecule has 0 fully saturated rings. The zero-order valence-corrected chi connectivity index (χ0v) is 12.6. The number of nitrogens with zero attached hydrogens (tertiary/aromatic N) is 1. The second-order valence-electron chi connectivity index (χ2n) is 5.06. The Kier molecular flexibility index (Phi) is 3.75. The van der Waals surface area contributed by atoms with Crippen LogP contribution < -0.4 is 10.2 Å². The van der Waals surface area contributed by atoms with Crippen LogP contribution >= 0.6 is 11.3 Å². The Labute approximate surface area is 127 Å². The Morgan fingerprint density at radius 3 is 2.86 bits per heavy atom. The largest absolute Gasteiger partial charge is 0.326 e. The van der Waals surface area contributed by atoms with Crippen LogP contribution in [0.15, 0.2) is 35.7 Å². The van der Waals surface area contributed by atoms with Crippen molar-refractivity contribution in [1.29, 1.82) is 0 Å². The lowest BCUT2D eigenvalue weighted by Gasteiger charge is -2.29. The highest BCUT2D eigenvalue weighted by atomic mass is 32.1. The van der Waals surface area contributed by atoms with E-state index in [2.05, 4.69) is 5.32 Å². The number of carbonyl (C=O) groups excluding carboxylic acids is 2. The summed E-state index contributed by atoms with van der Waals surface area (Å²) in [6.07, 6.45) is 1.92. The molecular formula is C16H16N2O2S. The van der Waals surface area contributed by atoms with E-state index < -0.39 is 0 Å². The van der Waals surface area contributed by atoms with Gasteiger partial charge in [0.15, 0.2) is 0 Å². The Balaban J connectivity index is 1.96. The molecular weight excluding hydrogens is 284 g/mol. The second-order valence-corrected chi connectivity index (χ2v) is 6.01. The number of carbonyl (C=O) groups is 2. The molecule has 5 heteroatoms. The summed E-state index contributed by atoms with van der Waals surface area (Å²) >= 11 is 1.45. The van der Waals surface area contributed by atoms with Crippen molar-refractivity contribution < 1.29 is 9.59 Å². The summed E-state index contributed by atoms with van der Waals surface area (Å²) in [6, 6.07) is 9.50. The van der Waals surface area contributed by atoms with Crippen LogP contribution in [0.5, 0.6) is 0 Å². The summed E-state index contributed by atoms with van der Waals surface area (Å²) in [5.41, 5.74) is 2.79. The van der Waals surface area contributed by atoms with Gasteiger partial charge in [-0.05, 0) is 42.0 Å². The predicted octanol–water partition coefficient (Wildman–Crippen LogP) is 3.30. The third-order valence-electron chi connectivity index (χ3n) is 3.50. The van der Waals surface area contributed by atoms with Gasteiger partial charge in [-0.1, -0.05) is 12.1 Å². The lowest BCUT2D eigenvalue weighted by molar-refractivity contribution is -0.114. The fraction of sp³-hybridized carbons (Fsp3) is 0.250. The van der Waals surface area contributed by atoms with E-state index in [-0.39, 0.29) is 11.8 Å². The molecule has 0 radical (unpaired) electrons. The van der Waals surface area contributed by atoms with Crippen molar-refractivity contribution in [2.75, 3.05) is 16.8 Å². The summed E-state index contributed by atoms with van der Waals surface area (Å²) in [4.78, 5) is 26.4. The molecule has 0 saturated carbocycles. The van der Waals surface area contributed by atoms with Crippen LogP contribution in [-0.2, 0) is 11.2 Å². The molecule has 108 valence electrons. The van der Waals surface area contributed by atoms with Crippen molar-refractivity contribution in [3.63, 3.8) is 0 Å². The van der Waals surface area contributed by atoms with Gasteiger partial charge in [0.2, 0.25) is 5.91 Å². The normalized spacial score (nSPS) is 13.7. The average molecular weight is 300 g/mol. The average Bonchev–Trinajstić information content (AvgIpc) is 2.99. The number of thiophene rings is 1. The summed E-state index contributed by atoms with van der Waals surface area (Å²) in [6.45, 7) is 2.20. The molecule has 2 heterocycles. The molecule has 0 spiro atoms. The molecule has 1 N–H and O–H groups in total. The number of hydrogen-bond acceptors (Lipinski definition) is 3. The monoisotopic (exact) mass is 300 g/mol. The number of amides is 2. The maximum atomic E-state index is 12.6. The van der Waals surface area contributed by atoms with Crippen LogP contribution in [0.2, 0.25) is 0 Å². The maximum Gasteiger partial charge on any atom is 0.268 e. The minimum atomic E-state index is -0.109. The van der Waals surface area contributed by atoms with Gasteiger partial charge in [0, 0.05) is 24.8 Å². The molecule has 1 aliphatic heterocycles. The Hall–Kier alpha value is -2.14. The lowest BCUT2D eigenvalue weighted by atomic mass is 10.0. The maximum absolute atomic E-state index is 12.6. The smallest absolute Gasteiger partial charge is 0.268 e. The molecule has 2 aromatic rings. The number of benzene rings is 1. The first-order valence-corrected chi connectivity index (χ1v) is 7.79. The highest BCUT2D eigenvalue weighted by molar-refractivity contribution is 7.12. The molecule has 0 saturated heterocycles. The molecule has 1 aliphatic rings. The third kappa shape index (κ3) is 2.83. The molecule has 2 amide bonds. The number of hydrogen-bond donors (Lipinski definition) is 1. The number of fused-ring (bicyclic) bond motifs is 1. The van der Waals surface area contributed by atoms with Crippen molar-refractivity contribution in [3.05, 3.63) is 46.2 Å².